The average Bonchev–Trinajstić information content (AvgIpc) is 2.83. The van der Waals surface area contributed by atoms with Crippen molar-refractivity contribution in [2.75, 3.05) is 6.26 Å². The number of nitrogens with zero attached hydrogens (tertiary/aromatic N) is 1. The van der Waals surface area contributed by atoms with Crippen LogP contribution >= 0.6 is 11.6 Å². The van der Waals surface area contributed by atoms with E-state index in [0.717, 1.165) is 51.2 Å². The van der Waals surface area contributed by atoms with Gasteiger partial charge in [0.25, 0.3) is 0 Å². The summed E-state index contributed by atoms with van der Waals surface area (Å²) in [6, 6.07) is 0. The van der Waals surface area contributed by atoms with E-state index >= 15 is 0 Å². The monoisotopic (exact) mass is 428 g/mol. The third-order valence-electron chi connectivity index (χ3n) is 8.98. The first kappa shape index (κ1) is 20.7. The van der Waals surface area contributed by atoms with Crippen molar-refractivity contribution < 1.29 is 13.5 Å². The van der Waals surface area contributed by atoms with E-state index in [1.54, 1.807) is 0 Å². The molecule has 4 aliphatic rings. The van der Waals surface area contributed by atoms with E-state index < -0.39 is 15.6 Å². The van der Waals surface area contributed by atoms with Crippen LogP contribution in [0, 0.1) is 28.6 Å². The number of aliphatic hydroxyl groups is 1. The molecular weight excluding hydrogens is 396 g/mol. The first-order chi connectivity index (χ1) is 12.9. The number of hydrogen-bond donors (Lipinski definition) is 2. The highest BCUT2D eigenvalue weighted by Gasteiger charge is 2.62. The molecule has 7 heteroatoms. The van der Waals surface area contributed by atoms with Gasteiger partial charge in [0.15, 0.2) is 0 Å². The van der Waals surface area contributed by atoms with Crippen LogP contribution in [0.25, 0.3) is 0 Å². The van der Waals surface area contributed by atoms with Gasteiger partial charge in [-0.15, -0.1) is 0 Å². The second-order valence-electron chi connectivity index (χ2n) is 10.3. The largest absolute Gasteiger partial charge is 0.390 e. The van der Waals surface area contributed by atoms with Gasteiger partial charge in [0.2, 0.25) is 10.0 Å². The zero-order valence-electron chi connectivity index (χ0n) is 17.4. The Morgan fingerprint density at radius 3 is 2.43 bits per heavy atom. The molecule has 5 nitrogen and oxygen atoms in total. The summed E-state index contributed by atoms with van der Waals surface area (Å²) in [6.07, 6.45) is 9.05. The topological polar surface area (TPSA) is 78.8 Å². The lowest BCUT2D eigenvalue weighted by Gasteiger charge is -2.59. The third-order valence-corrected chi connectivity index (χ3v) is 9.85. The first-order valence-electron chi connectivity index (χ1n) is 10.5. The minimum atomic E-state index is -3.38. The van der Waals surface area contributed by atoms with Gasteiger partial charge in [-0.2, -0.15) is 5.10 Å². The maximum atomic E-state index is 11.4. The van der Waals surface area contributed by atoms with Crippen molar-refractivity contribution in [3.8, 4) is 0 Å². The quantitative estimate of drug-likeness (QED) is 0.647. The molecule has 4 aliphatic carbocycles. The van der Waals surface area contributed by atoms with E-state index in [1.165, 1.54) is 5.57 Å². The Kier molecular flexibility index (Phi) is 4.76. The second kappa shape index (κ2) is 6.45. The van der Waals surface area contributed by atoms with Gasteiger partial charge >= 0.3 is 0 Å². The molecular formula is C21H33ClN2O3S. The van der Waals surface area contributed by atoms with Gasteiger partial charge in [-0.25, -0.2) is 13.2 Å². The molecule has 0 aliphatic heterocycles. The lowest BCUT2D eigenvalue weighted by molar-refractivity contribution is -0.117. The van der Waals surface area contributed by atoms with E-state index in [0.29, 0.717) is 34.9 Å². The summed E-state index contributed by atoms with van der Waals surface area (Å²) < 4.78 is 22.8. The van der Waals surface area contributed by atoms with Crippen molar-refractivity contribution in [3.63, 3.8) is 0 Å². The molecule has 2 N–H and O–H groups in total. The number of sulfonamides is 1. The standard InChI is InChI=1S/C21H33ClN2O3S/c1-19-10-9-17(23-24-28(4,26)27)18(22)16(19)6-5-13-14(19)7-11-20(2)15(13)8-12-21(20,3)25/h13-15,24-25H,5-12H2,1-4H3/b23-17-/t13-,14+,15+,19-,20+,21+/m1/s1. The normalized spacial score (nSPS) is 47.5. The molecule has 158 valence electrons. The van der Waals surface area contributed by atoms with Crippen molar-refractivity contribution >= 4 is 27.3 Å². The molecule has 3 fully saturated rings. The number of allylic oxidation sites excluding steroid dienone is 2. The molecule has 0 amide bonds. The fraction of sp³-hybridized carbons (Fsp3) is 0.857. The second-order valence-corrected chi connectivity index (χ2v) is 12.4. The number of hydrogen-bond acceptors (Lipinski definition) is 4. The van der Waals surface area contributed by atoms with Gasteiger partial charge in [-0.1, -0.05) is 25.4 Å². The van der Waals surface area contributed by atoms with Crippen LogP contribution in [0.15, 0.2) is 15.7 Å². The van der Waals surface area contributed by atoms with Crippen molar-refractivity contribution in [2.45, 2.75) is 77.7 Å². The molecule has 3 saturated carbocycles. The Balaban J connectivity index is 1.65. The highest BCUT2D eigenvalue weighted by atomic mass is 35.5. The van der Waals surface area contributed by atoms with Crippen LogP contribution in [0.5, 0.6) is 0 Å². The van der Waals surface area contributed by atoms with Crippen molar-refractivity contribution in [3.05, 3.63) is 10.6 Å². The van der Waals surface area contributed by atoms with E-state index in [9.17, 15) is 13.5 Å². The predicted molar refractivity (Wildman–Crippen MR) is 113 cm³/mol. The van der Waals surface area contributed by atoms with Crippen molar-refractivity contribution in [2.24, 2.45) is 33.7 Å². The Bertz CT molecular complexity index is 850. The van der Waals surface area contributed by atoms with E-state index in [1.807, 2.05) is 6.92 Å². The van der Waals surface area contributed by atoms with Gasteiger partial charge in [0.05, 0.1) is 22.6 Å². The zero-order chi connectivity index (χ0) is 20.5. The molecule has 0 aromatic carbocycles. The fourth-order valence-corrected chi connectivity index (χ4v) is 7.87. The Morgan fingerprint density at radius 1 is 1.07 bits per heavy atom. The molecule has 4 rings (SSSR count). The molecule has 0 heterocycles. The smallest absolute Gasteiger partial charge is 0.244 e. The van der Waals surface area contributed by atoms with Crippen LogP contribution in [0.3, 0.4) is 0 Å². The van der Waals surface area contributed by atoms with Crippen molar-refractivity contribution in [1.29, 1.82) is 0 Å². The minimum absolute atomic E-state index is 0.0240. The molecule has 0 unspecified atom stereocenters. The van der Waals surface area contributed by atoms with Gasteiger partial charge in [-0.05, 0) is 92.4 Å². The van der Waals surface area contributed by atoms with E-state index in [2.05, 4.69) is 23.8 Å². The summed E-state index contributed by atoms with van der Waals surface area (Å²) in [5, 5.41) is 15.8. The fourth-order valence-electron chi connectivity index (χ4n) is 7.15. The Labute approximate surface area is 174 Å². The van der Waals surface area contributed by atoms with Crippen LogP contribution < -0.4 is 4.83 Å². The highest BCUT2D eigenvalue weighted by Crippen LogP contribution is 2.67. The number of hydrazone groups is 1. The third kappa shape index (κ3) is 2.97. The van der Waals surface area contributed by atoms with Gasteiger partial charge in [0, 0.05) is 0 Å². The number of nitrogens with one attached hydrogen (secondary N) is 1. The summed E-state index contributed by atoms with van der Waals surface area (Å²) in [6.45, 7) is 6.71. The lowest BCUT2D eigenvalue weighted by atomic mass is 9.46. The maximum absolute atomic E-state index is 11.4. The Hall–Kier alpha value is -0.590. The van der Waals surface area contributed by atoms with Gasteiger partial charge in [-0.3, -0.25) is 0 Å². The lowest BCUT2D eigenvalue weighted by Crippen LogP contribution is -2.54. The van der Waals surface area contributed by atoms with Crippen LogP contribution in [-0.2, 0) is 10.0 Å². The number of fused-ring (bicyclic) bond motifs is 5. The highest BCUT2D eigenvalue weighted by molar-refractivity contribution is 7.88. The van der Waals surface area contributed by atoms with Gasteiger partial charge < -0.3 is 5.11 Å². The average molecular weight is 429 g/mol. The first-order valence-corrected chi connectivity index (χ1v) is 12.8. The van der Waals surface area contributed by atoms with E-state index in [4.69, 9.17) is 11.6 Å². The molecule has 0 bridgehead atoms. The predicted octanol–water partition coefficient (Wildman–Crippen LogP) is 4.17. The molecule has 0 radical (unpaired) electrons. The Morgan fingerprint density at radius 2 is 1.75 bits per heavy atom. The van der Waals surface area contributed by atoms with Crippen LogP contribution in [0.4, 0.5) is 0 Å². The summed E-state index contributed by atoms with van der Waals surface area (Å²) in [7, 11) is -3.38. The number of rotatable bonds is 2. The molecule has 28 heavy (non-hydrogen) atoms. The maximum Gasteiger partial charge on any atom is 0.244 e. The molecule has 0 aromatic heterocycles. The molecule has 0 aromatic rings. The molecule has 6 atom stereocenters. The summed E-state index contributed by atoms with van der Waals surface area (Å²) >= 11 is 6.76. The molecule has 0 spiro atoms. The van der Waals surface area contributed by atoms with Crippen LogP contribution in [0.1, 0.15) is 72.1 Å². The minimum Gasteiger partial charge on any atom is -0.390 e. The number of halogens is 1. The van der Waals surface area contributed by atoms with E-state index in [-0.39, 0.29) is 10.8 Å². The summed E-state index contributed by atoms with van der Waals surface area (Å²) in [4.78, 5) is 2.24. The molecule has 0 saturated heterocycles. The summed E-state index contributed by atoms with van der Waals surface area (Å²) in [5.74, 6) is 1.81. The van der Waals surface area contributed by atoms with Crippen molar-refractivity contribution in [1.82, 2.24) is 4.83 Å². The zero-order valence-corrected chi connectivity index (χ0v) is 19.0. The van der Waals surface area contributed by atoms with Crippen LogP contribution in [0.2, 0.25) is 0 Å². The van der Waals surface area contributed by atoms with Gasteiger partial charge in [0.1, 0.15) is 0 Å². The SMILES string of the molecule is C[C@]12CC/C(=N/NS(C)(=O)=O)C(Cl)=C1CC[C@@H]1[C@@H]2CC[C@@]2(C)[C@H]1CC[C@]2(C)O. The summed E-state index contributed by atoms with van der Waals surface area (Å²) in [5.41, 5.74) is 1.46. The van der Waals surface area contributed by atoms with Crippen LogP contribution in [-0.4, -0.2) is 31.1 Å².